The maximum Gasteiger partial charge on any atom is 0.273 e. The van der Waals surface area contributed by atoms with Crippen LogP contribution >= 0.6 is 0 Å². The average molecular weight is 463 g/mol. The molecule has 0 saturated carbocycles. The molecule has 0 bridgehead atoms. The first-order valence-corrected chi connectivity index (χ1v) is 10.9. The molecule has 3 aromatic carbocycles. The van der Waals surface area contributed by atoms with Gasteiger partial charge in [0.2, 0.25) is 0 Å². The molecule has 35 heavy (non-hydrogen) atoms. The Kier molecular flexibility index (Phi) is 4.99. The fraction of sp³-hybridized carbons (Fsp3) is 0.0385. The summed E-state index contributed by atoms with van der Waals surface area (Å²) in [4.78, 5) is 22.0. The SMILES string of the molecule is O=c1cc2[nH]nc(Nc3nc(-c4ccccc4CF)nc4ccccc34)c2nn1-c1ccccc1. The van der Waals surface area contributed by atoms with Crippen molar-refractivity contribution >= 4 is 33.6 Å². The van der Waals surface area contributed by atoms with E-state index in [0.717, 1.165) is 5.39 Å². The molecule has 0 aliphatic heterocycles. The van der Waals surface area contributed by atoms with E-state index < -0.39 is 6.67 Å². The van der Waals surface area contributed by atoms with Crippen molar-refractivity contribution in [2.24, 2.45) is 0 Å². The smallest absolute Gasteiger partial charge is 0.273 e. The van der Waals surface area contributed by atoms with Crippen LogP contribution in [0.5, 0.6) is 0 Å². The minimum atomic E-state index is -0.625. The van der Waals surface area contributed by atoms with Crippen molar-refractivity contribution in [2.45, 2.75) is 6.67 Å². The van der Waals surface area contributed by atoms with Gasteiger partial charge in [0.15, 0.2) is 17.2 Å². The van der Waals surface area contributed by atoms with Crippen molar-refractivity contribution in [3.63, 3.8) is 0 Å². The summed E-state index contributed by atoms with van der Waals surface area (Å²) in [6, 6.07) is 25.3. The largest absolute Gasteiger partial charge is 0.321 e. The summed E-state index contributed by atoms with van der Waals surface area (Å²) in [5.74, 6) is 1.29. The Morgan fingerprint density at radius 3 is 2.51 bits per heavy atom. The normalized spacial score (nSPS) is 11.2. The number of hydrogen-bond donors (Lipinski definition) is 2. The molecule has 0 saturated heterocycles. The molecule has 0 radical (unpaired) electrons. The second-order valence-corrected chi connectivity index (χ2v) is 7.89. The van der Waals surface area contributed by atoms with Gasteiger partial charge >= 0.3 is 0 Å². The van der Waals surface area contributed by atoms with Gasteiger partial charge in [-0.2, -0.15) is 14.9 Å². The molecule has 0 aliphatic carbocycles. The highest BCUT2D eigenvalue weighted by Crippen LogP contribution is 2.30. The van der Waals surface area contributed by atoms with Crippen molar-refractivity contribution in [3.8, 4) is 17.1 Å². The van der Waals surface area contributed by atoms with Crippen LogP contribution in [0.15, 0.2) is 89.7 Å². The van der Waals surface area contributed by atoms with Gasteiger partial charge in [-0.05, 0) is 29.8 Å². The van der Waals surface area contributed by atoms with Crippen molar-refractivity contribution in [1.29, 1.82) is 0 Å². The van der Waals surface area contributed by atoms with Gasteiger partial charge in [0.1, 0.15) is 12.5 Å². The maximum absolute atomic E-state index is 13.7. The van der Waals surface area contributed by atoms with Crippen LogP contribution in [-0.4, -0.2) is 29.9 Å². The number of halogens is 1. The summed E-state index contributed by atoms with van der Waals surface area (Å²) >= 11 is 0. The summed E-state index contributed by atoms with van der Waals surface area (Å²) in [5.41, 5.74) is 3.15. The fourth-order valence-electron chi connectivity index (χ4n) is 3.99. The van der Waals surface area contributed by atoms with Gasteiger partial charge in [0.25, 0.3) is 5.56 Å². The molecule has 2 N–H and O–H groups in total. The van der Waals surface area contributed by atoms with Crippen LogP contribution in [0, 0.1) is 0 Å². The number of rotatable bonds is 5. The second kappa shape index (κ2) is 8.45. The van der Waals surface area contributed by atoms with E-state index in [2.05, 4.69) is 25.6 Å². The topological polar surface area (TPSA) is 101 Å². The molecule has 3 heterocycles. The highest BCUT2D eigenvalue weighted by Gasteiger charge is 2.16. The molecule has 0 unspecified atom stereocenters. The van der Waals surface area contributed by atoms with Crippen molar-refractivity contribution in [3.05, 3.63) is 101 Å². The number of hydrogen-bond acceptors (Lipinski definition) is 6. The lowest BCUT2D eigenvalue weighted by Crippen LogP contribution is -2.19. The molecular weight excluding hydrogens is 445 g/mol. The number of nitrogens with zero attached hydrogens (tertiary/aromatic N) is 5. The third-order valence-corrected chi connectivity index (χ3v) is 5.69. The molecule has 0 fully saturated rings. The quantitative estimate of drug-likeness (QED) is 0.376. The predicted molar refractivity (Wildman–Crippen MR) is 133 cm³/mol. The number of nitrogens with one attached hydrogen (secondary N) is 2. The number of aromatic amines is 1. The van der Waals surface area contributed by atoms with Gasteiger partial charge in [-0.15, -0.1) is 0 Å². The van der Waals surface area contributed by atoms with Gasteiger partial charge < -0.3 is 5.32 Å². The number of H-pyrrole nitrogens is 1. The molecule has 8 nitrogen and oxygen atoms in total. The lowest BCUT2D eigenvalue weighted by atomic mass is 10.1. The van der Waals surface area contributed by atoms with E-state index >= 15 is 0 Å². The van der Waals surface area contributed by atoms with E-state index in [-0.39, 0.29) is 5.56 Å². The van der Waals surface area contributed by atoms with E-state index in [4.69, 9.17) is 4.98 Å². The number of alkyl halides is 1. The third kappa shape index (κ3) is 3.68. The van der Waals surface area contributed by atoms with Gasteiger partial charge in [-0.1, -0.05) is 54.6 Å². The fourth-order valence-corrected chi connectivity index (χ4v) is 3.99. The Morgan fingerprint density at radius 2 is 1.66 bits per heavy atom. The number of anilines is 2. The van der Waals surface area contributed by atoms with Gasteiger partial charge in [-0.25, -0.2) is 14.4 Å². The minimum absolute atomic E-state index is 0.281. The second-order valence-electron chi connectivity index (χ2n) is 7.89. The molecule has 0 amide bonds. The molecule has 0 spiro atoms. The zero-order valence-electron chi connectivity index (χ0n) is 18.3. The van der Waals surface area contributed by atoms with Crippen LogP contribution in [0.2, 0.25) is 0 Å². The molecule has 3 aromatic heterocycles. The Balaban J connectivity index is 1.50. The van der Waals surface area contributed by atoms with Crippen molar-refractivity contribution in [2.75, 3.05) is 5.32 Å². The van der Waals surface area contributed by atoms with Gasteiger partial charge in [0.05, 0.1) is 16.7 Å². The van der Waals surface area contributed by atoms with Crippen molar-refractivity contribution in [1.82, 2.24) is 29.9 Å². The molecule has 0 aliphatic rings. The van der Waals surface area contributed by atoms with E-state index in [1.54, 1.807) is 30.3 Å². The molecular formula is C26H18FN7O. The van der Waals surface area contributed by atoms with E-state index in [1.165, 1.54) is 10.7 Å². The number of para-hydroxylation sites is 2. The standard InChI is InChI=1S/C26H18FN7O/c27-15-16-8-4-5-11-18(16)24-28-20-13-7-6-12-19(20)25(29-24)30-26-23-21(31-32-26)14-22(35)34(33-23)17-9-2-1-3-10-17/h1-14,31H,15H2,(H,28,29,30,32). The molecule has 6 aromatic rings. The van der Waals surface area contributed by atoms with E-state index in [9.17, 15) is 9.18 Å². The van der Waals surface area contributed by atoms with Crippen LogP contribution in [0.3, 0.4) is 0 Å². The van der Waals surface area contributed by atoms with Crippen molar-refractivity contribution < 1.29 is 4.39 Å². The van der Waals surface area contributed by atoms with Gasteiger partial charge in [0, 0.05) is 17.0 Å². The summed E-state index contributed by atoms with van der Waals surface area (Å²) in [6.45, 7) is -0.625. The van der Waals surface area contributed by atoms with E-state index in [1.807, 2.05) is 48.5 Å². The highest BCUT2D eigenvalue weighted by molar-refractivity contribution is 5.95. The summed E-state index contributed by atoms with van der Waals surface area (Å²) in [7, 11) is 0. The lowest BCUT2D eigenvalue weighted by molar-refractivity contribution is 0.486. The zero-order valence-corrected chi connectivity index (χ0v) is 18.3. The number of aromatic nitrogens is 6. The van der Waals surface area contributed by atoms with Crippen LogP contribution in [0.4, 0.5) is 16.0 Å². The molecule has 9 heteroatoms. The van der Waals surface area contributed by atoms with Crippen LogP contribution in [0.25, 0.3) is 39.0 Å². The Morgan fingerprint density at radius 1 is 0.886 bits per heavy atom. The lowest BCUT2D eigenvalue weighted by Gasteiger charge is -2.11. The maximum atomic E-state index is 13.7. The zero-order chi connectivity index (χ0) is 23.8. The summed E-state index contributed by atoms with van der Waals surface area (Å²) in [6.07, 6.45) is 0. The first-order valence-electron chi connectivity index (χ1n) is 10.9. The van der Waals surface area contributed by atoms with E-state index in [0.29, 0.717) is 50.8 Å². The monoisotopic (exact) mass is 463 g/mol. The van der Waals surface area contributed by atoms with Gasteiger partial charge in [-0.3, -0.25) is 9.89 Å². The minimum Gasteiger partial charge on any atom is -0.321 e. The van der Waals surface area contributed by atoms with Crippen LogP contribution in [0.1, 0.15) is 5.56 Å². The summed E-state index contributed by atoms with van der Waals surface area (Å²) in [5, 5.41) is 15.8. The first-order chi connectivity index (χ1) is 17.2. The Bertz CT molecular complexity index is 1740. The summed E-state index contributed by atoms with van der Waals surface area (Å²) < 4.78 is 15.0. The highest BCUT2D eigenvalue weighted by atomic mass is 19.1. The molecule has 170 valence electrons. The Hall–Kier alpha value is -4.92. The number of benzene rings is 3. The predicted octanol–water partition coefficient (Wildman–Crippen LogP) is 4.93. The average Bonchev–Trinajstić information content (AvgIpc) is 3.29. The van der Waals surface area contributed by atoms with Crippen LogP contribution < -0.4 is 10.9 Å². The first kappa shape index (κ1) is 20.7. The number of fused-ring (bicyclic) bond motifs is 2. The molecule has 0 atom stereocenters. The molecule has 6 rings (SSSR count). The third-order valence-electron chi connectivity index (χ3n) is 5.69. The Labute approximate surface area is 198 Å². The van der Waals surface area contributed by atoms with Crippen LogP contribution in [-0.2, 0) is 6.67 Å².